The fourth-order valence-electron chi connectivity index (χ4n) is 2.16. The Bertz CT molecular complexity index is 615. The fourth-order valence-corrected chi connectivity index (χ4v) is 2.50. The minimum atomic E-state index is -0.901. The molecule has 0 amide bonds. The molecule has 0 N–H and O–H groups in total. The molecule has 1 heterocycles. The molecule has 1 fully saturated rings. The molecule has 0 saturated carbocycles. The molecule has 6 heteroatoms. The monoisotopic (exact) mass is 370 g/mol. The molecule has 1 atom stereocenters. The van der Waals surface area contributed by atoms with Gasteiger partial charge in [-0.3, -0.25) is 4.79 Å². The fraction of sp³-hybridized carbons (Fsp3) is 0.500. The van der Waals surface area contributed by atoms with Crippen molar-refractivity contribution in [3.8, 4) is 5.75 Å². The molecule has 1 unspecified atom stereocenters. The zero-order valence-corrected chi connectivity index (χ0v) is 14.4. The second-order valence-electron chi connectivity index (χ2n) is 6.06. The number of ether oxygens (including phenoxy) is 3. The van der Waals surface area contributed by atoms with Crippen molar-refractivity contribution in [3.63, 3.8) is 0 Å². The van der Waals surface area contributed by atoms with Gasteiger partial charge in [-0.1, -0.05) is 12.1 Å². The molecule has 1 aromatic rings. The van der Waals surface area contributed by atoms with Crippen LogP contribution in [0, 0.1) is 0 Å². The van der Waals surface area contributed by atoms with E-state index < -0.39 is 17.2 Å². The van der Waals surface area contributed by atoms with Crippen molar-refractivity contribution in [1.29, 1.82) is 0 Å². The predicted molar refractivity (Wildman–Crippen MR) is 85.2 cm³/mol. The van der Waals surface area contributed by atoms with E-state index in [-0.39, 0.29) is 11.9 Å². The Balaban J connectivity index is 2.39. The maximum absolute atomic E-state index is 12.4. The largest absolute Gasteiger partial charge is 0.514 e. The van der Waals surface area contributed by atoms with Gasteiger partial charge in [-0.25, -0.2) is 4.79 Å². The predicted octanol–water partition coefficient (Wildman–Crippen LogP) is 3.97. The van der Waals surface area contributed by atoms with Gasteiger partial charge in [-0.15, -0.1) is 0 Å². The van der Waals surface area contributed by atoms with Crippen molar-refractivity contribution in [1.82, 2.24) is 0 Å². The number of carbonyl (C=O) groups is 1. The second kappa shape index (κ2) is 6.79. The number of carbonyl (C=O) groups excluding carboxylic acids is 1. The van der Waals surface area contributed by atoms with Crippen molar-refractivity contribution in [2.24, 2.45) is 0 Å². The maximum atomic E-state index is 12.4. The molecule has 2 rings (SSSR count). The Kier molecular flexibility index (Phi) is 5.24. The first-order valence-corrected chi connectivity index (χ1v) is 7.92. The molecule has 120 valence electrons. The van der Waals surface area contributed by atoms with Gasteiger partial charge in [0, 0.05) is 12.2 Å². The first-order valence-electron chi connectivity index (χ1n) is 7.13. The molecule has 0 aliphatic carbocycles. The Morgan fingerprint density at radius 3 is 2.68 bits per heavy atom. The van der Waals surface area contributed by atoms with Crippen LogP contribution < -0.4 is 10.2 Å². The summed E-state index contributed by atoms with van der Waals surface area (Å²) in [6.45, 7) is 5.82. The lowest BCUT2D eigenvalue weighted by Crippen LogP contribution is -2.27. The Morgan fingerprint density at radius 2 is 2.09 bits per heavy atom. The van der Waals surface area contributed by atoms with Crippen LogP contribution in [-0.2, 0) is 9.47 Å². The average Bonchev–Trinajstić information content (AvgIpc) is 2.88. The van der Waals surface area contributed by atoms with Gasteiger partial charge in [0.05, 0.1) is 10.6 Å². The van der Waals surface area contributed by atoms with E-state index in [0.29, 0.717) is 16.6 Å². The van der Waals surface area contributed by atoms with Crippen LogP contribution in [0.4, 0.5) is 4.79 Å². The van der Waals surface area contributed by atoms with Gasteiger partial charge in [0.1, 0.15) is 5.60 Å². The van der Waals surface area contributed by atoms with Gasteiger partial charge in [0.15, 0.2) is 5.75 Å². The number of rotatable bonds is 2. The molecule has 1 aliphatic heterocycles. The zero-order chi connectivity index (χ0) is 16.3. The highest BCUT2D eigenvalue weighted by Gasteiger charge is 2.26. The van der Waals surface area contributed by atoms with Crippen molar-refractivity contribution >= 4 is 22.1 Å². The lowest BCUT2D eigenvalue weighted by molar-refractivity contribution is 0.0194. The van der Waals surface area contributed by atoms with Gasteiger partial charge >= 0.3 is 6.16 Å². The zero-order valence-electron chi connectivity index (χ0n) is 12.8. The normalized spacial score (nSPS) is 18.1. The lowest BCUT2D eigenvalue weighted by Gasteiger charge is -2.19. The van der Waals surface area contributed by atoms with Gasteiger partial charge in [0.25, 0.3) is 0 Å². The van der Waals surface area contributed by atoms with E-state index in [1.807, 2.05) is 0 Å². The van der Waals surface area contributed by atoms with Crippen LogP contribution in [0.15, 0.2) is 27.5 Å². The molecule has 0 aromatic heterocycles. The minimum absolute atomic E-state index is 0.0435. The third-order valence-corrected chi connectivity index (χ3v) is 3.68. The van der Waals surface area contributed by atoms with Gasteiger partial charge in [-0.05, 0) is 55.6 Å². The van der Waals surface area contributed by atoms with E-state index in [0.717, 1.165) is 12.8 Å². The van der Waals surface area contributed by atoms with Crippen molar-refractivity contribution < 1.29 is 19.0 Å². The first kappa shape index (κ1) is 17.0. The minimum Gasteiger partial charge on any atom is -0.428 e. The van der Waals surface area contributed by atoms with Crippen LogP contribution in [0.2, 0.25) is 0 Å². The highest BCUT2D eigenvalue weighted by atomic mass is 79.9. The van der Waals surface area contributed by atoms with Crippen LogP contribution in [0.25, 0.3) is 0 Å². The summed E-state index contributed by atoms with van der Waals surface area (Å²) in [5.74, 6) is -0.0435. The molecule has 0 bridgehead atoms. The summed E-state index contributed by atoms with van der Waals surface area (Å²) in [6.07, 6.45) is 0.544. The van der Waals surface area contributed by atoms with E-state index in [9.17, 15) is 9.59 Å². The van der Waals surface area contributed by atoms with E-state index in [1.54, 1.807) is 39.0 Å². The Hall–Kier alpha value is -1.40. The molecule has 0 radical (unpaired) electrons. The third-order valence-electron chi connectivity index (χ3n) is 3.06. The van der Waals surface area contributed by atoms with Gasteiger partial charge in [-0.2, -0.15) is 0 Å². The summed E-state index contributed by atoms with van der Waals surface area (Å²) < 4.78 is 16.3. The molecule has 1 aliphatic rings. The van der Waals surface area contributed by atoms with E-state index in [2.05, 4.69) is 15.9 Å². The molecular formula is C16H19BrO5. The molecule has 22 heavy (non-hydrogen) atoms. The molecular weight excluding hydrogens is 352 g/mol. The number of hydrogen-bond acceptors (Lipinski definition) is 5. The third kappa shape index (κ3) is 4.30. The van der Waals surface area contributed by atoms with Crippen molar-refractivity contribution in [3.05, 3.63) is 38.5 Å². The SMILES string of the molecule is CC(C)(C)OC(=O)Oc1c(C2CCCO2)cccc(Br)c1=O. The second-order valence-corrected chi connectivity index (χ2v) is 6.91. The van der Waals surface area contributed by atoms with Gasteiger partial charge in [0.2, 0.25) is 5.43 Å². The standard InChI is InChI=1S/C16H19BrO5/c1-16(2,3)22-15(19)21-14-10(12-8-5-9-20-12)6-4-7-11(17)13(14)18/h4,6-7,12H,5,8-9H2,1-3H3. The summed E-state index contributed by atoms with van der Waals surface area (Å²) in [5, 5.41) is 0. The quantitative estimate of drug-likeness (QED) is 0.736. The number of halogens is 1. The van der Waals surface area contributed by atoms with Crippen LogP contribution in [0.5, 0.6) is 5.75 Å². The summed E-state index contributed by atoms with van der Waals surface area (Å²) in [4.78, 5) is 24.3. The summed E-state index contributed by atoms with van der Waals surface area (Å²) in [7, 11) is 0. The molecule has 0 spiro atoms. The Morgan fingerprint density at radius 1 is 1.36 bits per heavy atom. The summed E-state index contributed by atoms with van der Waals surface area (Å²) in [6, 6.07) is 5.08. The lowest BCUT2D eigenvalue weighted by atomic mass is 10.1. The highest BCUT2D eigenvalue weighted by molar-refractivity contribution is 9.10. The van der Waals surface area contributed by atoms with Gasteiger partial charge < -0.3 is 14.2 Å². The smallest absolute Gasteiger partial charge is 0.428 e. The highest BCUT2D eigenvalue weighted by Crippen LogP contribution is 2.33. The van der Waals surface area contributed by atoms with E-state index >= 15 is 0 Å². The van der Waals surface area contributed by atoms with Crippen LogP contribution in [-0.4, -0.2) is 18.4 Å². The van der Waals surface area contributed by atoms with Crippen LogP contribution >= 0.6 is 15.9 Å². The van der Waals surface area contributed by atoms with Crippen LogP contribution in [0.1, 0.15) is 45.3 Å². The van der Waals surface area contributed by atoms with E-state index in [1.165, 1.54) is 0 Å². The summed E-state index contributed by atoms with van der Waals surface area (Å²) in [5.41, 5.74) is -0.529. The average molecular weight is 371 g/mol. The van der Waals surface area contributed by atoms with Crippen molar-refractivity contribution in [2.75, 3.05) is 6.61 Å². The van der Waals surface area contributed by atoms with Crippen molar-refractivity contribution in [2.45, 2.75) is 45.3 Å². The number of hydrogen-bond donors (Lipinski definition) is 0. The first-order chi connectivity index (χ1) is 10.3. The molecule has 5 nitrogen and oxygen atoms in total. The maximum Gasteiger partial charge on any atom is 0.514 e. The topological polar surface area (TPSA) is 61.8 Å². The summed E-state index contributed by atoms with van der Waals surface area (Å²) >= 11 is 3.18. The molecule has 1 aromatic carbocycles. The molecule has 1 saturated heterocycles. The van der Waals surface area contributed by atoms with Crippen LogP contribution in [0.3, 0.4) is 0 Å². The van der Waals surface area contributed by atoms with E-state index in [4.69, 9.17) is 14.2 Å². The Labute approximate surface area is 137 Å².